The van der Waals surface area contributed by atoms with Crippen molar-refractivity contribution in [1.82, 2.24) is 14.7 Å². The Balaban J connectivity index is 1.23. The molecule has 2 heterocycles. The lowest BCUT2D eigenvalue weighted by Crippen LogP contribution is -2.45. The molecular formula is C28H35N3O2. The molecule has 0 aromatic heterocycles. The third-order valence-electron chi connectivity index (χ3n) is 6.80. The number of carbonyl (C=O) groups excluding carboxylic acids is 2. The lowest BCUT2D eigenvalue weighted by Gasteiger charge is -2.33. The van der Waals surface area contributed by atoms with Crippen LogP contribution in [0.15, 0.2) is 60.7 Å². The van der Waals surface area contributed by atoms with E-state index in [4.69, 9.17) is 0 Å². The van der Waals surface area contributed by atoms with Crippen LogP contribution in [-0.4, -0.2) is 65.8 Å². The number of likely N-dealkylation sites (tertiary alicyclic amines) is 1. The summed E-state index contributed by atoms with van der Waals surface area (Å²) in [6, 6.07) is 18.6. The first-order chi connectivity index (χ1) is 16.1. The number of hydrogen-bond acceptors (Lipinski definition) is 3. The Hall–Kier alpha value is -2.92. The second-order valence-corrected chi connectivity index (χ2v) is 9.28. The van der Waals surface area contributed by atoms with Crippen molar-refractivity contribution in [2.24, 2.45) is 5.92 Å². The van der Waals surface area contributed by atoms with E-state index in [1.54, 1.807) is 6.08 Å². The van der Waals surface area contributed by atoms with Gasteiger partial charge in [0.2, 0.25) is 11.8 Å². The van der Waals surface area contributed by atoms with Gasteiger partial charge in [0.05, 0.1) is 0 Å². The van der Waals surface area contributed by atoms with E-state index in [1.165, 1.54) is 11.1 Å². The van der Waals surface area contributed by atoms with Crippen molar-refractivity contribution in [3.63, 3.8) is 0 Å². The average Bonchev–Trinajstić information content (AvgIpc) is 3.10. The highest BCUT2D eigenvalue weighted by molar-refractivity contribution is 5.92. The van der Waals surface area contributed by atoms with Gasteiger partial charge in [-0.25, -0.2) is 0 Å². The van der Waals surface area contributed by atoms with Crippen LogP contribution < -0.4 is 0 Å². The van der Waals surface area contributed by atoms with Gasteiger partial charge >= 0.3 is 0 Å². The molecule has 0 unspecified atom stereocenters. The zero-order valence-corrected chi connectivity index (χ0v) is 19.7. The number of carbonyl (C=O) groups is 2. The molecule has 5 nitrogen and oxygen atoms in total. The van der Waals surface area contributed by atoms with Crippen molar-refractivity contribution in [2.45, 2.75) is 32.7 Å². The fourth-order valence-corrected chi connectivity index (χ4v) is 4.74. The summed E-state index contributed by atoms with van der Waals surface area (Å²) < 4.78 is 0. The van der Waals surface area contributed by atoms with E-state index in [1.807, 2.05) is 41.3 Å². The Bertz CT molecular complexity index is 947. The Morgan fingerprint density at radius 1 is 0.848 bits per heavy atom. The lowest BCUT2D eigenvalue weighted by atomic mass is 9.95. The predicted octanol–water partition coefficient (Wildman–Crippen LogP) is 3.98. The molecule has 0 spiro atoms. The summed E-state index contributed by atoms with van der Waals surface area (Å²) in [5.41, 5.74) is 3.64. The molecule has 0 bridgehead atoms. The van der Waals surface area contributed by atoms with Crippen LogP contribution >= 0.6 is 0 Å². The molecule has 0 radical (unpaired) electrons. The highest BCUT2D eigenvalue weighted by Crippen LogP contribution is 2.21. The van der Waals surface area contributed by atoms with Crippen LogP contribution in [0.5, 0.6) is 0 Å². The zero-order chi connectivity index (χ0) is 23.0. The fourth-order valence-electron chi connectivity index (χ4n) is 4.74. The molecule has 2 aliphatic heterocycles. The largest absolute Gasteiger partial charge is 0.341 e. The average molecular weight is 446 g/mol. The normalized spacial score (nSPS) is 18.5. The topological polar surface area (TPSA) is 43.9 Å². The van der Waals surface area contributed by atoms with E-state index >= 15 is 0 Å². The molecule has 2 amide bonds. The smallest absolute Gasteiger partial charge is 0.246 e. The number of nitrogens with zero attached hydrogens (tertiary/aromatic N) is 3. The lowest BCUT2D eigenvalue weighted by molar-refractivity contribution is -0.139. The van der Waals surface area contributed by atoms with E-state index in [0.29, 0.717) is 13.1 Å². The van der Waals surface area contributed by atoms with Gasteiger partial charge in [-0.3, -0.25) is 14.5 Å². The SMILES string of the molecule is Cc1ccc(CN2CCCN(C(=O)C3CCN(C(=O)/C=C/c4ccccc4)CC3)CC2)cc1. The predicted molar refractivity (Wildman–Crippen MR) is 132 cm³/mol. The van der Waals surface area contributed by atoms with Crippen LogP contribution in [0.25, 0.3) is 6.08 Å². The number of aryl methyl sites for hydroxylation is 1. The Morgan fingerprint density at radius 2 is 1.58 bits per heavy atom. The van der Waals surface area contributed by atoms with Gasteiger partial charge < -0.3 is 9.80 Å². The van der Waals surface area contributed by atoms with E-state index in [0.717, 1.165) is 57.5 Å². The Morgan fingerprint density at radius 3 is 2.30 bits per heavy atom. The van der Waals surface area contributed by atoms with Crippen LogP contribution in [0.2, 0.25) is 0 Å². The Kier molecular flexibility index (Phi) is 7.95. The summed E-state index contributed by atoms with van der Waals surface area (Å²) in [6.07, 6.45) is 6.04. The second kappa shape index (κ2) is 11.3. The van der Waals surface area contributed by atoms with Gasteiger partial charge in [0.15, 0.2) is 0 Å². The maximum absolute atomic E-state index is 13.2. The quantitative estimate of drug-likeness (QED) is 0.654. The first-order valence-electron chi connectivity index (χ1n) is 12.2. The van der Waals surface area contributed by atoms with Crippen molar-refractivity contribution < 1.29 is 9.59 Å². The monoisotopic (exact) mass is 445 g/mol. The first-order valence-corrected chi connectivity index (χ1v) is 12.2. The zero-order valence-electron chi connectivity index (χ0n) is 19.7. The van der Waals surface area contributed by atoms with Crippen LogP contribution in [0, 0.1) is 12.8 Å². The minimum atomic E-state index is 0.0336. The molecule has 2 aliphatic rings. The third-order valence-corrected chi connectivity index (χ3v) is 6.80. The van der Waals surface area contributed by atoms with E-state index < -0.39 is 0 Å². The molecule has 5 heteroatoms. The van der Waals surface area contributed by atoms with Crippen molar-refractivity contribution in [3.05, 3.63) is 77.4 Å². The van der Waals surface area contributed by atoms with Crippen molar-refractivity contribution >= 4 is 17.9 Å². The summed E-state index contributed by atoms with van der Waals surface area (Å²) in [6.45, 7) is 7.94. The molecule has 2 aromatic carbocycles. The maximum atomic E-state index is 13.2. The van der Waals surface area contributed by atoms with Crippen molar-refractivity contribution in [2.75, 3.05) is 39.3 Å². The van der Waals surface area contributed by atoms with Crippen LogP contribution in [0.4, 0.5) is 0 Å². The van der Waals surface area contributed by atoms with Gasteiger partial charge in [-0.05, 0) is 43.4 Å². The van der Waals surface area contributed by atoms with Gasteiger partial charge in [-0.1, -0.05) is 60.2 Å². The third kappa shape index (κ3) is 6.55. The van der Waals surface area contributed by atoms with Crippen LogP contribution in [-0.2, 0) is 16.1 Å². The molecule has 2 fully saturated rings. The van der Waals surface area contributed by atoms with Gasteiger partial charge in [-0.15, -0.1) is 0 Å². The summed E-state index contributed by atoms with van der Waals surface area (Å²) in [5, 5.41) is 0. The minimum Gasteiger partial charge on any atom is -0.341 e. The molecule has 0 N–H and O–H groups in total. The molecule has 4 rings (SSSR count). The standard InChI is InChI=1S/C28H35N3O2/c1-23-8-10-25(11-9-23)22-29-16-5-17-31(21-20-29)28(33)26-14-18-30(19-15-26)27(32)13-12-24-6-3-2-4-7-24/h2-4,6-13,26H,5,14-22H2,1H3/b13-12+. The van der Waals surface area contributed by atoms with E-state index in [-0.39, 0.29) is 17.7 Å². The summed E-state index contributed by atoms with van der Waals surface area (Å²) in [7, 11) is 0. The molecule has 0 saturated carbocycles. The summed E-state index contributed by atoms with van der Waals surface area (Å²) >= 11 is 0. The molecular weight excluding hydrogens is 410 g/mol. The number of rotatable bonds is 5. The van der Waals surface area contributed by atoms with Gasteiger partial charge in [0.25, 0.3) is 0 Å². The van der Waals surface area contributed by atoms with Crippen LogP contribution in [0.1, 0.15) is 36.0 Å². The highest BCUT2D eigenvalue weighted by Gasteiger charge is 2.30. The first kappa shape index (κ1) is 23.2. The summed E-state index contributed by atoms with van der Waals surface area (Å²) in [4.78, 5) is 32.1. The molecule has 33 heavy (non-hydrogen) atoms. The molecule has 174 valence electrons. The van der Waals surface area contributed by atoms with E-state index in [9.17, 15) is 9.59 Å². The van der Waals surface area contributed by atoms with Gasteiger partial charge in [0.1, 0.15) is 0 Å². The molecule has 0 atom stereocenters. The van der Waals surface area contributed by atoms with E-state index in [2.05, 4.69) is 41.0 Å². The van der Waals surface area contributed by atoms with Crippen LogP contribution in [0.3, 0.4) is 0 Å². The van der Waals surface area contributed by atoms with Gasteiger partial charge in [0, 0.05) is 57.8 Å². The second-order valence-electron chi connectivity index (χ2n) is 9.28. The fraction of sp³-hybridized carbons (Fsp3) is 0.429. The van der Waals surface area contributed by atoms with Crippen molar-refractivity contribution in [3.8, 4) is 0 Å². The molecule has 2 aromatic rings. The number of piperidine rings is 1. The number of benzene rings is 2. The van der Waals surface area contributed by atoms with Gasteiger partial charge in [-0.2, -0.15) is 0 Å². The number of hydrogen-bond donors (Lipinski definition) is 0. The Labute approximate surface area is 197 Å². The summed E-state index contributed by atoms with van der Waals surface area (Å²) in [5.74, 6) is 0.348. The molecule has 0 aliphatic carbocycles. The highest BCUT2D eigenvalue weighted by atomic mass is 16.2. The number of amides is 2. The molecule has 2 saturated heterocycles. The van der Waals surface area contributed by atoms with Crippen molar-refractivity contribution in [1.29, 1.82) is 0 Å². The maximum Gasteiger partial charge on any atom is 0.246 e. The minimum absolute atomic E-state index is 0.0336.